The van der Waals surface area contributed by atoms with Crippen LogP contribution >= 0.6 is 0 Å². The molecule has 0 aromatic carbocycles. The van der Waals surface area contributed by atoms with Gasteiger partial charge in [-0.05, 0) is 0 Å². The van der Waals surface area contributed by atoms with Gasteiger partial charge in [-0.2, -0.15) is 0 Å². The van der Waals surface area contributed by atoms with E-state index in [4.69, 9.17) is 0 Å². The fraction of sp³-hybridized carbons (Fsp3) is 0.800. The molecule has 0 aromatic heterocycles. The van der Waals surface area contributed by atoms with Crippen LogP contribution < -0.4 is 5.11 Å². The van der Waals surface area contributed by atoms with E-state index in [1.54, 1.807) is 13.8 Å². The largest absolute Gasteiger partial charge is 0.598 e. The highest BCUT2D eigenvalue weighted by atomic mass is 16.6. The molecule has 0 amide bonds. The molecular weight excluding hydrogens is 106 g/mol. The minimum atomic E-state index is -0.500. The summed E-state index contributed by atoms with van der Waals surface area (Å²) in [6.45, 7) is 3.56. The zero-order chi connectivity index (χ0) is 6.57. The van der Waals surface area contributed by atoms with Gasteiger partial charge in [-0.25, -0.2) is 0 Å². The maximum Gasteiger partial charge on any atom is 0.145 e. The molecule has 0 heterocycles. The molecule has 0 saturated carbocycles. The Morgan fingerprint density at radius 2 is 2.12 bits per heavy atom. The first kappa shape index (κ1) is 7.27. The predicted octanol–water partition coefficient (Wildman–Crippen LogP) is -0.243. The Hall–Kier alpha value is -0.730. The summed E-state index contributed by atoms with van der Waals surface area (Å²) in [5.41, 5.74) is 0. The molecule has 0 unspecified atom stereocenters. The van der Waals surface area contributed by atoms with Gasteiger partial charge in [0.15, 0.2) is 0 Å². The van der Waals surface area contributed by atoms with E-state index in [1.165, 1.54) is 7.05 Å². The first-order chi connectivity index (χ1) is 3.66. The van der Waals surface area contributed by atoms with Crippen molar-refractivity contribution in [3.8, 4) is 0 Å². The van der Waals surface area contributed by atoms with Crippen LogP contribution in [0.4, 0.5) is 0 Å². The molecule has 8 heavy (non-hydrogen) atoms. The molecule has 0 aliphatic heterocycles. The van der Waals surface area contributed by atoms with Gasteiger partial charge in [-0.15, -0.1) is 0 Å². The maximum atomic E-state index is 10.2. The third-order valence-corrected chi connectivity index (χ3v) is 0.519. The molecule has 0 fully saturated rings. The van der Waals surface area contributed by atoms with Gasteiger partial charge in [0.2, 0.25) is 0 Å². The quantitative estimate of drug-likeness (QED) is 0.350. The van der Waals surface area contributed by atoms with Crippen molar-refractivity contribution in [3.05, 3.63) is 0 Å². The molecule has 0 spiro atoms. The van der Waals surface area contributed by atoms with E-state index in [0.29, 0.717) is 0 Å². The number of nitrogens with zero attached hydrogens (tertiary/aromatic N) is 1. The number of aliphatic imine (C=N–C) groups is 1. The summed E-state index contributed by atoms with van der Waals surface area (Å²) in [6.07, 6.45) is -0.564. The number of rotatable bonds is 1. The molecule has 48 valence electrons. The van der Waals surface area contributed by atoms with E-state index in [2.05, 4.69) is 9.73 Å². The van der Waals surface area contributed by atoms with Gasteiger partial charge >= 0.3 is 0 Å². The second kappa shape index (κ2) is 3.29. The highest BCUT2D eigenvalue weighted by Gasteiger charge is 1.82. The molecule has 3 nitrogen and oxygen atoms in total. The summed E-state index contributed by atoms with van der Waals surface area (Å²) >= 11 is 0. The summed E-state index contributed by atoms with van der Waals surface area (Å²) in [7, 11) is 1.41. The zero-order valence-electron chi connectivity index (χ0n) is 5.34. The van der Waals surface area contributed by atoms with Gasteiger partial charge < -0.3 is 9.84 Å². The smallest absolute Gasteiger partial charge is 0.145 e. The summed E-state index contributed by atoms with van der Waals surface area (Å²) in [5.74, 6) is 0. The van der Waals surface area contributed by atoms with Crippen LogP contribution in [-0.4, -0.2) is 19.2 Å². The summed E-state index contributed by atoms with van der Waals surface area (Å²) in [5, 5.41) is 10.2. The highest BCUT2D eigenvalue weighted by molar-refractivity contribution is 5.61. The van der Waals surface area contributed by atoms with Crippen LogP contribution in [0.2, 0.25) is 0 Å². The second-order valence-corrected chi connectivity index (χ2v) is 1.66. The van der Waals surface area contributed by atoms with E-state index < -0.39 is 6.08 Å². The predicted molar refractivity (Wildman–Crippen MR) is 29.6 cm³/mol. The van der Waals surface area contributed by atoms with Crippen LogP contribution in [0.1, 0.15) is 13.8 Å². The monoisotopic (exact) mass is 116 g/mol. The minimum Gasteiger partial charge on any atom is -0.598 e. The molecule has 0 aliphatic carbocycles. The van der Waals surface area contributed by atoms with E-state index in [0.717, 1.165) is 0 Å². The van der Waals surface area contributed by atoms with Gasteiger partial charge in [0.25, 0.3) is 0 Å². The number of ether oxygens (including phenoxy) is 1. The second-order valence-electron chi connectivity index (χ2n) is 1.66. The lowest BCUT2D eigenvalue weighted by Gasteiger charge is -2.16. The van der Waals surface area contributed by atoms with Crippen molar-refractivity contribution in [2.45, 2.75) is 20.0 Å². The van der Waals surface area contributed by atoms with Gasteiger partial charge in [-0.1, -0.05) is 13.8 Å². The Kier molecular flexibility index (Phi) is 2.99. The molecule has 0 bridgehead atoms. The van der Waals surface area contributed by atoms with E-state index in [-0.39, 0.29) is 6.10 Å². The lowest BCUT2D eigenvalue weighted by Crippen LogP contribution is -2.24. The average molecular weight is 116 g/mol. The Morgan fingerprint density at radius 3 is 2.25 bits per heavy atom. The van der Waals surface area contributed by atoms with Crippen molar-refractivity contribution in [3.63, 3.8) is 0 Å². The first-order valence-electron chi connectivity index (χ1n) is 2.47. The molecule has 0 aromatic rings. The van der Waals surface area contributed by atoms with Crippen LogP contribution in [-0.2, 0) is 4.74 Å². The SMILES string of the molecule is CN=C([O-])OC(C)C. The normalized spacial score (nSPS) is 12.2. The van der Waals surface area contributed by atoms with Gasteiger partial charge in [-0.3, -0.25) is 4.99 Å². The van der Waals surface area contributed by atoms with Crippen molar-refractivity contribution < 1.29 is 9.84 Å². The minimum absolute atomic E-state index is 0.0637. The average Bonchev–Trinajstić information content (AvgIpc) is 1.65. The number of hydrogen-bond acceptors (Lipinski definition) is 3. The van der Waals surface area contributed by atoms with Crippen molar-refractivity contribution >= 4 is 6.08 Å². The van der Waals surface area contributed by atoms with Gasteiger partial charge in [0.05, 0.1) is 0 Å². The lowest BCUT2D eigenvalue weighted by atomic mass is 10.5. The molecular formula is C5H10NO2-. The first-order valence-corrected chi connectivity index (χ1v) is 2.47. The molecule has 0 aliphatic rings. The molecule has 0 saturated heterocycles. The van der Waals surface area contributed by atoms with Gasteiger partial charge in [0, 0.05) is 13.2 Å². The van der Waals surface area contributed by atoms with Crippen molar-refractivity contribution in [1.29, 1.82) is 0 Å². The van der Waals surface area contributed by atoms with Gasteiger partial charge in [0.1, 0.15) is 6.08 Å². The molecule has 0 atom stereocenters. The summed E-state index contributed by atoms with van der Waals surface area (Å²) in [6, 6.07) is 0. The fourth-order valence-corrected chi connectivity index (χ4v) is 0.254. The van der Waals surface area contributed by atoms with Crippen LogP contribution in [0.15, 0.2) is 4.99 Å². The molecule has 3 heteroatoms. The molecule has 0 rings (SSSR count). The summed E-state index contributed by atoms with van der Waals surface area (Å²) < 4.78 is 4.59. The van der Waals surface area contributed by atoms with Crippen LogP contribution in [0.5, 0.6) is 0 Å². The summed E-state index contributed by atoms with van der Waals surface area (Å²) in [4.78, 5) is 3.27. The Morgan fingerprint density at radius 1 is 1.62 bits per heavy atom. The zero-order valence-corrected chi connectivity index (χ0v) is 5.34. The van der Waals surface area contributed by atoms with Crippen molar-refractivity contribution in [2.24, 2.45) is 4.99 Å². The fourth-order valence-electron chi connectivity index (χ4n) is 0.254. The Bertz CT molecular complexity index is 88.4. The Balaban J connectivity index is 3.39. The molecule has 0 N–H and O–H groups in total. The lowest BCUT2D eigenvalue weighted by molar-refractivity contribution is -0.254. The van der Waals surface area contributed by atoms with E-state index >= 15 is 0 Å². The Labute approximate surface area is 49.0 Å². The standard InChI is InChI=1S/C5H11NO2/c1-4(2)8-5(7)6-3/h4H,1-3H3,(H,6,7)/p-1. The van der Waals surface area contributed by atoms with Crippen molar-refractivity contribution in [1.82, 2.24) is 0 Å². The number of hydrogen-bond donors (Lipinski definition) is 0. The third kappa shape index (κ3) is 3.46. The van der Waals surface area contributed by atoms with E-state index in [1.807, 2.05) is 0 Å². The maximum absolute atomic E-state index is 10.2. The van der Waals surface area contributed by atoms with Crippen LogP contribution in [0.3, 0.4) is 0 Å². The third-order valence-electron chi connectivity index (χ3n) is 0.519. The van der Waals surface area contributed by atoms with Crippen LogP contribution in [0.25, 0.3) is 0 Å². The van der Waals surface area contributed by atoms with Crippen LogP contribution in [0, 0.1) is 0 Å². The molecule has 0 radical (unpaired) electrons. The van der Waals surface area contributed by atoms with E-state index in [9.17, 15) is 5.11 Å². The topological polar surface area (TPSA) is 44.7 Å². The van der Waals surface area contributed by atoms with Crippen molar-refractivity contribution in [2.75, 3.05) is 7.05 Å². The highest BCUT2D eigenvalue weighted by Crippen LogP contribution is 1.84.